The fourth-order valence-electron chi connectivity index (χ4n) is 2.09. The van der Waals surface area contributed by atoms with Crippen molar-refractivity contribution in [3.05, 3.63) is 36.5 Å². The molecule has 0 atom stereocenters. The highest BCUT2D eigenvalue weighted by molar-refractivity contribution is 7.21. The van der Waals surface area contributed by atoms with E-state index in [1.807, 2.05) is 43.5 Å². The second-order valence-corrected chi connectivity index (χ2v) is 5.83. The lowest BCUT2D eigenvalue weighted by Gasteiger charge is -2.05. The van der Waals surface area contributed by atoms with Gasteiger partial charge in [0.15, 0.2) is 0 Å². The van der Waals surface area contributed by atoms with E-state index in [9.17, 15) is 0 Å². The van der Waals surface area contributed by atoms with Crippen LogP contribution in [-0.4, -0.2) is 29.7 Å². The number of nitrogens with two attached hydrogens (primary N) is 1. The van der Waals surface area contributed by atoms with Crippen LogP contribution in [0.5, 0.6) is 0 Å². The summed E-state index contributed by atoms with van der Waals surface area (Å²) >= 11 is 1.62. The van der Waals surface area contributed by atoms with Gasteiger partial charge in [-0.3, -0.25) is 0 Å². The summed E-state index contributed by atoms with van der Waals surface area (Å²) in [5.41, 5.74) is 8.54. The van der Waals surface area contributed by atoms with Gasteiger partial charge in [-0.15, -0.1) is 11.3 Å². The molecule has 114 valence electrons. The smallest absolute Gasteiger partial charge is 0.126 e. The quantitative estimate of drug-likeness (QED) is 0.539. The lowest BCUT2D eigenvalue weighted by Crippen LogP contribution is -2.09. The van der Waals surface area contributed by atoms with Crippen molar-refractivity contribution < 1.29 is 4.74 Å². The van der Waals surface area contributed by atoms with Crippen LogP contribution < -0.4 is 11.1 Å². The summed E-state index contributed by atoms with van der Waals surface area (Å²) in [7, 11) is 0. The van der Waals surface area contributed by atoms with Crippen molar-refractivity contribution in [1.82, 2.24) is 9.97 Å². The molecule has 0 aliphatic carbocycles. The van der Waals surface area contributed by atoms with Gasteiger partial charge in [0.05, 0.1) is 16.8 Å². The van der Waals surface area contributed by atoms with E-state index < -0.39 is 0 Å². The normalized spacial score (nSPS) is 11.0. The molecule has 0 radical (unpaired) electrons. The van der Waals surface area contributed by atoms with E-state index in [1.165, 1.54) is 0 Å². The molecule has 0 aliphatic heterocycles. The minimum Gasteiger partial charge on any atom is -0.399 e. The topological polar surface area (TPSA) is 73.1 Å². The molecule has 1 aromatic carbocycles. The Bertz CT molecular complexity index is 754. The minimum absolute atomic E-state index is 0.680. The average Bonchev–Trinajstić information content (AvgIpc) is 2.95. The van der Waals surface area contributed by atoms with Crippen LogP contribution in [0.2, 0.25) is 0 Å². The first-order valence-corrected chi connectivity index (χ1v) is 8.02. The van der Waals surface area contributed by atoms with E-state index in [0.717, 1.165) is 45.4 Å². The molecular formula is C16H18N4OS. The van der Waals surface area contributed by atoms with E-state index in [2.05, 4.69) is 15.3 Å². The number of benzene rings is 1. The third kappa shape index (κ3) is 3.35. The molecule has 2 heterocycles. The molecule has 0 amide bonds. The summed E-state index contributed by atoms with van der Waals surface area (Å²) in [5, 5.41) is 4.18. The zero-order valence-corrected chi connectivity index (χ0v) is 13.2. The van der Waals surface area contributed by atoms with Crippen LogP contribution in [-0.2, 0) is 4.74 Å². The fraction of sp³-hybridized carbons (Fsp3) is 0.250. The molecule has 0 fully saturated rings. The van der Waals surface area contributed by atoms with E-state index in [0.29, 0.717) is 6.61 Å². The maximum absolute atomic E-state index is 5.81. The van der Waals surface area contributed by atoms with Crippen molar-refractivity contribution in [2.24, 2.45) is 0 Å². The zero-order valence-electron chi connectivity index (χ0n) is 12.4. The predicted molar refractivity (Wildman–Crippen MR) is 92.2 cm³/mol. The van der Waals surface area contributed by atoms with Crippen LogP contribution in [0, 0.1) is 0 Å². The fourth-order valence-corrected chi connectivity index (χ4v) is 3.09. The van der Waals surface area contributed by atoms with Gasteiger partial charge in [0.1, 0.15) is 10.8 Å². The Balaban J connectivity index is 1.73. The third-order valence-electron chi connectivity index (χ3n) is 3.18. The molecule has 0 unspecified atom stereocenters. The summed E-state index contributed by atoms with van der Waals surface area (Å²) < 4.78 is 6.37. The van der Waals surface area contributed by atoms with Crippen LogP contribution in [0.3, 0.4) is 0 Å². The standard InChI is InChI=1S/C16H18N4OS/c1-2-21-8-7-18-15-6-3-11(10-19-15)16-20-13-5-4-12(17)9-14(13)22-16/h3-6,9-10H,2,7-8,17H2,1H3,(H,18,19). The van der Waals surface area contributed by atoms with Crippen molar-refractivity contribution in [2.75, 3.05) is 30.8 Å². The van der Waals surface area contributed by atoms with Crippen LogP contribution in [0.15, 0.2) is 36.5 Å². The molecule has 3 aromatic rings. The monoisotopic (exact) mass is 314 g/mol. The Hall–Kier alpha value is -2.18. The Labute approximate surface area is 133 Å². The molecule has 0 saturated heterocycles. The minimum atomic E-state index is 0.680. The Morgan fingerprint density at radius 3 is 2.95 bits per heavy atom. The highest BCUT2D eigenvalue weighted by atomic mass is 32.1. The number of rotatable bonds is 6. The van der Waals surface area contributed by atoms with Gasteiger partial charge in [0.25, 0.3) is 0 Å². The maximum atomic E-state index is 5.81. The number of thiazole rings is 1. The second kappa shape index (κ2) is 6.72. The van der Waals surface area contributed by atoms with Gasteiger partial charge in [-0.05, 0) is 37.3 Å². The van der Waals surface area contributed by atoms with Crippen molar-refractivity contribution >= 4 is 33.1 Å². The second-order valence-electron chi connectivity index (χ2n) is 4.80. The number of nitrogens with one attached hydrogen (secondary N) is 1. The molecule has 0 saturated carbocycles. The summed E-state index contributed by atoms with van der Waals surface area (Å²) in [6.45, 7) is 4.15. The number of hydrogen-bond donors (Lipinski definition) is 2. The maximum Gasteiger partial charge on any atom is 0.126 e. The predicted octanol–water partition coefficient (Wildman–Crippen LogP) is 3.39. The first-order chi connectivity index (χ1) is 10.8. The number of nitrogen functional groups attached to an aromatic ring is 1. The molecule has 6 heteroatoms. The molecule has 0 bridgehead atoms. The summed E-state index contributed by atoms with van der Waals surface area (Å²) in [6.07, 6.45) is 1.84. The number of aromatic nitrogens is 2. The van der Waals surface area contributed by atoms with Crippen molar-refractivity contribution in [3.63, 3.8) is 0 Å². The van der Waals surface area contributed by atoms with Crippen LogP contribution in [0.4, 0.5) is 11.5 Å². The SMILES string of the molecule is CCOCCNc1ccc(-c2nc3ccc(N)cc3s2)cn1. The lowest BCUT2D eigenvalue weighted by molar-refractivity contribution is 0.158. The van der Waals surface area contributed by atoms with Gasteiger partial charge >= 0.3 is 0 Å². The summed E-state index contributed by atoms with van der Waals surface area (Å²) in [4.78, 5) is 9.04. The Morgan fingerprint density at radius 1 is 1.27 bits per heavy atom. The number of pyridine rings is 1. The average molecular weight is 314 g/mol. The van der Waals surface area contributed by atoms with E-state index in [4.69, 9.17) is 10.5 Å². The summed E-state index contributed by atoms with van der Waals surface area (Å²) in [6, 6.07) is 9.75. The number of anilines is 2. The van der Waals surface area contributed by atoms with Gasteiger partial charge < -0.3 is 15.8 Å². The van der Waals surface area contributed by atoms with Crippen LogP contribution in [0.25, 0.3) is 20.8 Å². The number of hydrogen-bond acceptors (Lipinski definition) is 6. The molecule has 22 heavy (non-hydrogen) atoms. The summed E-state index contributed by atoms with van der Waals surface area (Å²) in [5.74, 6) is 0.841. The molecule has 3 rings (SSSR count). The number of ether oxygens (including phenoxy) is 1. The molecule has 2 aromatic heterocycles. The zero-order chi connectivity index (χ0) is 15.4. The van der Waals surface area contributed by atoms with Gasteiger partial charge in [0, 0.05) is 30.6 Å². The molecule has 3 N–H and O–H groups in total. The number of nitrogens with zero attached hydrogens (tertiary/aromatic N) is 2. The largest absolute Gasteiger partial charge is 0.399 e. The van der Waals surface area contributed by atoms with Crippen molar-refractivity contribution in [2.45, 2.75) is 6.92 Å². The van der Waals surface area contributed by atoms with Gasteiger partial charge in [0.2, 0.25) is 0 Å². The van der Waals surface area contributed by atoms with Gasteiger partial charge in [-0.2, -0.15) is 0 Å². The van der Waals surface area contributed by atoms with Crippen molar-refractivity contribution in [3.8, 4) is 10.6 Å². The molecule has 0 aliphatic rings. The molecule has 0 spiro atoms. The first-order valence-electron chi connectivity index (χ1n) is 7.20. The third-order valence-corrected chi connectivity index (χ3v) is 4.25. The highest BCUT2D eigenvalue weighted by Crippen LogP contribution is 2.31. The Kier molecular flexibility index (Phi) is 4.50. The van der Waals surface area contributed by atoms with Crippen LogP contribution >= 0.6 is 11.3 Å². The van der Waals surface area contributed by atoms with E-state index >= 15 is 0 Å². The first kappa shape index (κ1) is 14.7. The van der Waals surface area contributed by atoms with Gasteiger partial charge in [-0.25, -0.2) is 9.97 Å². The number of fused-ring (bicyclic) bond motifs is 1. The van der Waals surface area contributed by atoms with Crippen molar-refractivity contribution in [1.29, 1.82) is 0 Å². The van der Waals surface area contributed by atoms with E-state index in [1.54, 1.807) is 11.3 Å². The molecule has 5 nitrogen and oxygen atoms in total. The van der Waals surface area contributed by atoms with Gasteiger partial charge in [-0.1, -0.05) is 0 Å². The molecular weight excluding hydrogens is 296 g/mol. The van der Waals surface area contributed by atoms with E-state index in [-0.39, 0.29) is 0 Å². The Morgan fingerprint density at radius 2 is 2.18 bits per heavy atom. The van der Waals surface area contributed by atoms with Crippen LogP contribution in [0.1, 0.15) is 6.92 Å². The highest BCUT2D eigenvalue weighted by Gasteiger charge is 2.07. The lowest BCUT2D eigenvalue weighted by atomic mass is 10.3.